The monoisotopic (exact) mass is 207 g/mol. The lowest BCUT2D eigenvalue weighted by molar-refractivity contribution is 0.112. The summed E-state index contributed by atoms with van der Waals surface area (Å²) in [7, 11) is 2.21. The second-order valence-electron chi connectivity index (χ2n) is 4.27. The van der Waals surface area contributed by atoms with Gasteiger partial charge in [-0.1, -0.05) is 0 Å². The molecule has 0 spiro atoms. The zero-order chi connectivity index (χ0) is 9.71. The summed E-state index contributed by atoms with van der Waals surface area (Å²) < 4.78 is 0. The van der Waals surface area contributed by atoms with Gasteiger partial charge in [-0.05, 0) is 31.9 Å². The van der Waals surface area contributed by atoms with Crippen LogP contribution in [0.1, 0.15) is 39.7 Å². The number of fused-ring (bicyclic) bond motifs is 4. The summed E-state index contributed by atoms with van der Waals surface area (Å²) in [5.74, 6) is 0. The third-order valence-electron chi connectivity index (χ3n) is 3.67. The fourth-order valence-electron chi connectivity index (χ4n) is 2.82. The molecule has 0 aromatic carbocycles. The van der Waals surface area contributed by atoms with E-state index in [1.807, 2.05) is 5.38 Å². The van der Waals surface area contributed by atoms with Gasteiger partial charge in [-0.3, -0.25) is 9.69 Å². The van der Waals surface area contributed by atoms with Crippen molar-refractivity contribution < 1.29 is 4.79 Å². The minimum atomic E-state index is 0.599. The molecule has 1 fully saturated rings. The van der Waals surface area contributed by atoms with Gasteiger partial charge in [0.05, 0.1) is 0 Å². The summed E-state index contributed by atoms with van der Waals surface area (Å²) >= 11 is 1.77. The zero-order valence-electron chi connectivity index (χ0n) is 8.19. The van der Waals surface area contributed by atoms with Gasteiger partial charge in [0.1, 0.15) is 0 Å². The van der Waals surface area contributed by atoms with E-state index < -0.39 is 0 Å². The van der Waals surface area contributed by atoms with Crippen LogP contribution in [-0.4, -0.2) is 24.3 Å². The van der Waals surface area contributed by atoms with Crippen LogP contribution in [0.4, 0.5) is 0 Å². The first-order valence-corrected chi connectivity index (χ1v) is 5.96. The number of aldehydes is 1. The minimum Gasteiger partial charge on any atom is -0.298 e. The maximum Gasteiger partial charge on any atom is 0.151 e. The first kappa shape index (κ1) is 8.62. The topological polar surface area (TPSA) is 20.3 Å². The van der Waals surface area contributed by atoms with Gasteiger partial charge in [0.25, 0.3) is 0 Å². The second kappa shape index (κ2) is 2.91. The lowest BCUT2D eigenvalue weighted by atomic mass is 9.98. The fraction of sp³-hybridized carbons (Fsp3) is 0.545. The van der Waals surface area contributed by atoms with Gasteiger partial charge in [-0.25, -0.2) is 0 Å². The van der Waals surface area contributed by atoms with Gasteiger partial charge in [-0.2, -0.15) is 0 Å². The average Bonchev–Trinajstić information content (AvgIpc) is 2.68. The van der Waals surface area contributed by atoms with Gasteiger partial charge in [-0.15, -0.1) is 11.3 Å². The highest BCUT2D eigenvalue weighted by atomic mass is 32.1. The Morgan fingerprint density at radius 2 is 2.43 bits per heavy atom. The van der Waals surface area contributed by atoms with Crippen molar-refractivity contribution in [3.8, 4) is 0 Å². The third kappa shape index (κ3) is 0.969. The molecule has 0 saturated carbocycles. The van der Waals surface area contributed by atoms with Gasteiger partial charge < -0.3 is 0 Å². The van der Waals surface area contributed by atoms with Crippen molar-refractivity contribution in [1.82, 2.24) is 4.90 Å². The molecule has 3 heterocycles. The number of thiophene rings is 1. The summed E-state index contributed by atoms with van der Waals surface area (Å²) in [6, 6.07) is 1.28. The van der Waals surface area contributed by atoms with E-state index in [9.17, 15) is 4.79 Å². The largest absolute Gasteiger partial charge is 0.298 e. The van der Waals surface area contributed by atoms with Crippen LogP contribution in [0.25, 0.3) is 0 Å². The molecule has 0 aliphatic carbocycles. The van der Waals surface area contributed by atoms with Crippen molar-refractivity contribution in [1.29, 1.82) is 0 Å². The van der Waals surface area contributed by atoms with Crippen molar-refractivity contribution >= 4 is 17.6 Å². The number of hydrogen-bond acceptors (Lipinski definition) is 3. The Morgan fingerprint density at radius 3 is 3.21 bits per heavy atom. The van der Waals surface area contributed by atoms with Crippen molar-refractivity contribution in [2.75, 3.05) is 7.05 Å². The highest BCUT2D eigenvalue weighted by Crippen LogP contribution is 2.45. The van der Waals surface area contributed by atoms with Crippen molar-refractivity contribution in [3.63, 3.8) is 0 Å². The third-order valence-corrected chi connectivity index (χ3v) is 4.81. The predicted molar refractivity (Wildman–Crippen MR) is 56.9 cm³/mol. The Morgan fingerprint density at radius 1 is 1.57 bits per heavy atom. The molecular weight excluding hydrogens is 194 g/mol. The number of carbonyl (C=O) groups excluding carboxylic acids is 1. The highest BCUT2D eigenvalue weighted by Gasteiger charge is 2.39. The van der Waals surface area contributed by atoms with Crippen LogP contribution in [0.3, 0.4) is 0 Å². The molecule has 1 saturated heterocycles. The normalized spacial score (nSPS) is 30.4. The summed E-state index contributed by atoms with van der Waals surface area (Å²) in [4.78, 5) is 14.8. The van der Waals surface area contributed by atoms with E-state index >= 15 is 0 Å². The molecule has 0 N–H and O–H groups in total. The molecule has 2 unspecified atom stereocenters. The summed E-state index contributed by atoms with van der Waals surface area (Å²) in [5, 5.41) is 2.02. The Hall–Kier alpha value is -0.670. The lowest BCUT2D eigenvalue weighted by Crippen LogP contribution is -2.33. The molecule has 3 heteroatoms. The van der Waals surface area contributed by atoms with E-state index in [0.717, 1.165) is 18.3 Å². The van der Waals surface area contributed by atoms with Crippen molar-refractivity contribution in [2.24, 2.45) is 0 Å². The molecule has 14 heavy (non-hydrogen) atoms. The predicted octanol–water partition coefficient (Wildman–Crippen LogP) is 2.25. The molecule has 2 nitrogen and oxygen atoms in total. The quantitative estimate of drug-likeness (QED) is 0.658. The number of likely N-dealkylation sites (N-methyl/N-ethyl adjacent to an activating group) is 1. The van der Waals surface area contributed by atoms with E-state index in [2.05, 4.69) is 11.9 Å². The van der Waals surface area contributed by atoms with E-state index in [1.54, 1.807) is 11.3 Å². The fourth-order valence-corrected chi connectivity index (χ4v) is 4.05. The Balaban J connectivity index is 2.12. The summed E-state index contributed by atoms with van der Waals surface area (Å²) in [6.07, 6.45) is 4.66. The number of rotatable bonds is 1. The van der Waals surface area contributed by atoms with Gasteiger partial charge in [0.2, 0.25) is 0 Å². The molecule has 74 valence electrons. The van der Waals surface area contributed by atoms with Gasteiger partial charge in [0.15, 0.2) is 6.29 Å². The highest BCUT2D eigenvalue weighted by molar-refractivity contribution is 7.10. The van der Waals surface area contributed by atoms with E-state index in [1.165, 1.54) is 23.3 Å². The van der Waals surface area contributed by atoms with Gasteiger partial charge in [0, 0.05) is 27.9 Å². The number of hydrogen-bond donors (Lipinski definition) is 0. The maximum absolute atomic E-state index is 10.8. The van der Waals surface area contributed by atoms with Crippen LogP contribution >= 0.6 is 11.3 Å². The van der Waals surface area contributed by atoms with Crippen molar-refractivity contribution in [2.45, 2.75) is 31.3 Å². The molecule has 3 rings (SSSR count). The molecule has 1 aromatic heterocycles. The molecule has 0 radical (unpaired) electrons. The van der Waals surface area contributed by atoms with Crippen LogP contribution in [0.2, 0.25) is 0 Å². The number of nitrogens with zero attached hydrogens (tertiary/aromatic N) is 1. The van der Waals surface area contributed by atoms with Crippen LogP contribution in [0.15, 0.2) is 5.38 Å². The van der Waals surface area contributed by atoms with Crippen LogP contribution in [0.5, 0.6) is 0 Å². The Kier molecular flexibility index (Phi) is 1.79. The molecule has 2 bridgehead atoms. The van der Waals surface area contributed by atoms with Crippen LogP contribution in [-0.2, 0) is 6.42 Å². The zero-order valence-corrected chi connectivity index (χ0v) is 9.01. The first-order valence-electron chi connectivity index (χ1n) is 5.08. The lowest BCUT2D eigenvalue weighted by Gasteiger charge is -2.31. The van der Waals surface area contributed by atoms with Gasteiger partial charge >= 0.3 is 0 Å². The Bertz CT molecular complexity index is 385. The molecule has 2 atom stereocenters. The standard InChI is InChI=1S/C11H13NOS/c1-12-8-2-3-10(12)11-9(4-8)7(5-13)6-14-11/h5-6,8,10H,2-4H2,1H3. The second-order valence-corrected chi connectivity index (χ2v) is 5.18. The Labute approximate surface area is 87.5 Å². The van der Waals surface area contributed by atoms with E-state index in [4.69, 9.17) is 0 Å². The molecule has 2 aliphatic heterocycles. The van der Waals surface area contributed by atoms with Crippen molar-refractivity contribution in [3.05, 3.63) is 21.4 Å². The average molecular weight is 207 g/mol. The minimum absolute atomic E-state index is 0.599. The molecule has 2 aliphatic rings. The van der Waals surface area contributed by atoms with E-state index in [0.29, 0.717) is 12.1 Å². The molecule has 1 aromatic rings. The summed E-state index contributed by atoms with van der Waals surface area (Å²) in [6.45, 7) is 0. The smallest absolute Gasteiger partial charge is 0.151 e. The van der Waals surface area contributed by atoms with E-state index in [-0.39, 0.29) is 0 Å². The number of carbonyl (C=O) groups is 1. The molecule has 0 amide bonds. The maximum atomic E-state index is 10.8. The molecular formula is C11H13NOS. The summed E-state index contributed by atoms with van der Waals surface area (Å²) in [5.41, 5.74) is 2.28. The van der Waals surface area contributed by atoms with Crippen LogP contribution < -0.4 is 0 Å². The SMILES string of the molecule is CN1C2CCC1c1scc(C=O)c1C2. The first-order chi connectivity index (χ1) is 6.81. The van der Waals surface area contributed by atoms with Crippen LogP contribution in [0, 0.1) is 0 Å².